The van der Waals surface area contributed by atoms with Gasteiger partial charge in [0.15, 0.2) is 5.96 Å². The maximum absolute atomic E-state index is 12.1. The molecular formula is C23H36IN5O2. The lowest BCUT2D eigenvalue weighted by Crippen LogP contribution is -2.54. The van der Waals surface area contributed by atoms with Crippen molar-refractivity contribution in [2.75, 3.05) is 39.3 Å². The number of hydrogen-bond donors (Lipinski definition) is 2. The third-order valence-electron chi connectivity index (χ3n) is 6.03. The molecule has 1 aromatic carbocycles. The molecule has 0 aromatic heterocycles. The van der Waals surface area contributed by atoms with Crippen molar-refractivity contribution in [1.29, 1.82) is 0 Å². The number of nitrogens with one attached hydrogen (secondary N) is 2. The molecule has 3 fully saturated rings. The van der Waals surface area contributed by atoms with E-state index in [1.54, 1.807) is 0 Å². The predicted octanol–water partition coefficient (Wildman–Crippen LogP) is 2.60. The molecule has 0 spiro atoms. The molecule has 0 unspecified atom stereocenters. The smallest absolute Gasteiger partial charge is 0.234 e. The normalized spacial score (nSPS) is 19.9. The minimum Gasteiger partial charge on any atom is -0.490 e. The van der Waals surface area contributed by atoms with Crippen LogP contribution in [0.2, 0.25) is 0 Å². The number of carbonyl (C=O) groups excluding carboxylic acids is 1. The molecule has 2 saturated carbocycles. The van der Waals surface area contributed by atoms with Gasteiger partial charge in [0, 0.05) is 44.3 Å². The van der Waals surface area contributed by atoms with Crippen LogP contribution in [0.1, 0.15) is 44.6 Å². The number of aliphatic imine (C=N–C) groups is 1. The first-order chi connectivity index (χ1) is 14.7. The molecule has 4 rings (SSSR count). The SMILES string of the molecule is CCNC(=NCc1ccccc1OC1CCC1)N1CCN(CC(=O)NC2CC2)CC1.I. The monoisotopic (exact) mass is 541 g/mol. The third kappa shape index (κ3) is 7.24. The molecule has 0 radical (unpaired) electrons. The lowest BCUT2D eigenvalue weighted by molar-refractivity contribution is -0.122. The van der Waals surface area contributed by atoms with Crippen molar-refractivity contribution in [2.24, 2.45) is 4.99 Å². The summed E-state index contributed by atoms with van der Waals surface area (Å²) in [5, 5.41) is 6.51. The van der Waals surface area contributed by atoms with Crippen molar-refractivity contribution in [3.63, 3.8) is 0 Å². The minimum absolute atomic E-state index is 0. The highest BCUT2D eigenvalue weighted by Gasteiger charge is 2.26. The standard InChI is InChI=1S/C23H35N5O2.HI/c1-2-24-23(25-16-18-6-3-4-9-21(18)30-20-7-5-8-20)28-14-12-27(13-15-28)17-22(29)26-19-10-11-19;/h3-4,6,9,19-20H,2,5,7-8,10-17H2,1H3,(H,24,25)(H,26,29);1H. The molecule has 0 bridgehead atoms. The molecular weight excluding hydrogens is 505 g/mol. The van der Waals surface area contributed by atoms with E-state index < -0.39 is 0 Å². The van der Waals surface area contributed by atoms with Gasteiger partial charge >= 0.3 is 0 Å². The number of guanidine groups is 1. The first kappa shape index (κ1) is 24.1. The van der Waals surface area contributed by atoms with Gasteiger partial charge in [-0.3, -0.25) is 9.69 Å². The van der Waals surface area contributed by atoms with Crippen LogP contribution in [0.4, 0.5) is 0 Å². The molecule has 0 atom stereocenters. The molecule has 3 aliphatic rings. The number of benzene rings is 1. The van der Waals surface area contributed by atoms with Crippen LogP contribution < -0.4 is 15.4 Å². The number of halogens is 1. The second-order valence-corrected chi connectivity index (χ2v) is 8.55. The Morgan fingerprint density at radius 2 is 1.87 bits per heavy atom. The summed E-state index contributed by atoms with van der Waals surface area (Å²) in [7, 11) is 0. The number of piperazine rings is 1. The summed E-state index contributed by atoms with van der Waals surface area (Å²) in [5.74, 6) is 2.07. The number of rotatable bonds is 8. The Balaban J connectivity index is 0.00000272. The first-order valence-corrected chi connectivity index (χ1v) is 11.5. The second kappa shape index (κ2) is 11.9. The van der Waals surface area contributed by atoms with E-state index in [0.29, 0.717) is 25.2 Å². The number of para-hydroxylation sites is 1. The van der Waals surface area contributed by atoms with Gasteiger partial charge in [-0.15, -0.1) is 24.0 Å². The van der Waals surface area contributed by atoms with Gasteiger partial charge in [0.05, 0.1) is 19.2 Å². The fourth-order valence-corrected chi connectivity index (χ4v) is 3.83. The van der Waals surface area contributed by atoms with Gasteiger partial charge in [-0.1, -0.05) is 18.2 Å². The summed E-state index contributed by atoms with van der Waals surface area (Å²) >= 11 is 0. The topological polar surface area (TPSA) is 69.2 Å². The van der Waals surface area contributed by atoms with Crippen LogP contribution in [-0.4, -0.2) is 73.1 Å². The summed E-state index contributed by atoms with van der Waals surface area (Å²) in [6.07, 6.45) is 6.22. The molecule has 7 nitrogen and oxygen atoms in total. The van der Waals surface area contributed by atoms with Crippen molar-refractivity contribution in [3.8, 4) is 5.75 Å². The number of hydrogen-bond acceptors (Lipinski definition) is 4. The highest BCUT2D eigenvalue weighted by molar-refractivity contribution is 14.0. The molecule has 1 amide bonds. The highest BCUT2D eigenvalue weighted by Crippen LogP contribution is 2.28. The van der Waals surface area contributed by atoms with Crippen molar-refractivity contribution in [1.82, 2.24) is 20.4 Å². The van der Waals surface area contributed by atoms with E-state index in [9.17, 15) is 4.79 Å². The Morgan fingerprint density at radius 3 is 2.52 bits per heavy atom. The van der Waals surface area contributed by atoms with E-state index in [1.807, 2.05) is 6.07 Å². The Bertz CT molecular complexity index is 743. The molecule has 2 N–H and O–H groups in total. The number of nitrogens with zero attached hydrogens (tertiary/aromatic N) is 3. The Labute approximate surface area is 203 Å². The van der Waals surface area contributed by atoms with Gasteiger partial charge in [-0.05, 0) is 45.1 Å². The Kier molecular flexibility index (Phi) is 9.25. The number of ether oxygens (including phenoxy) is 1. The largest absolute Gasteiger partial charge is 0.490 e. The highest BCUT2D eigenvalue weighted by atomic mass is 127. The summed E-state index contributed by atoms with van der Waals surface area (Å²) < 4.78 is 6.15. The maximum atomic E-state index is 12.1. The van der Waals surface area contributed by atoms with Crippen LogP contribution >= 0.6 is 24.0 Å². The van der Waals surface area contributed by atoms with Gasteiger partial charge in [0.25, 0.3) is 0 Å². The molecule has 31 heavy (non-hydrogen) atoms. The zero-order valence-electron chi connectivity index (χ0n) is 18.5. The average Bonchev–Trinajstić information content (AvgIpc) is 3.53. The van der Waals surface area contributed by atoms with Crippen molar-refractivity contribution < 1.29 is 9.53 Å². The van der Waals surface area contributed by atoms with Crippen molar-refractivity contribution in [3.05, 3.63) is 29.8 Å². The quantitative estimate of drug-likeness (QED) is 0.301. The van der Waals surface area contributed by atoms with Gasteiger partial charge in [0.2, 0.25) is 5.91 Å². The van der Waals surface area contributed by atoms with Crippen molar-refractivity contribution >= 4 is 35.8 Å². The second-order valence-electron chi connectivity index (χ2n) is 8.55. The van der Waals surface area contributed by atoms with E-state index in [4.69, 9.17) is 9.73 Å². The average molecular weight is 541 g/mol. The van der Waals surface area contributed by atoms with E-state index in [1.165, 1.54) is 6.42 Å². The number of amides is 1. The Morgan fingerprint density at radius 1 is 1.13 bits per heavy atom. The maximum Gasteiger partial charge on any atom is 0.234 e. The van der Waals surface area contributed by atoms with E-state index in [0.717, 1.165) is 75.7 Å². The van der Waals surface area contributed by atoms with Gasteiger partial charge in [-0.2, -0.15) is 0 Å². The van der Waals surface area contributed by atoms with E-state index >= 15 is 0 Å². The summed E-state index contributed by atoms with van der Waals surface area (Å²) in [6.45, 7) is 7.56. The lowest BCUT2D eigenvalue weighted by atomic mass is 9.96. The molecule has 8 heteroatoms. The van der Waals surface area contributed by atoms with Gasteiger partial charge < -0.3 is 20.3 Å². The van der Waals surface area contributed by atoms with E-state index in [2.05, 4.69) is 45.6 Å². The molecule has 1 saturated heterocycles. The third-order valence-corrected chi connectivity index (χ3v) is 6.03. The number of carbonyl (C=O) groups is 1. The molecule has 1 aromatic rings. The van der Waals surface area contributed by atoms with Gasteiger partial charge in [-0.25, -0.2) is 4.99 Å². The fraction of sp³-hybridized carbons (Fsp3) is 0.652. The van der Waals surface area contributed by atoms with Crippen LogP contribution in [0.25, 0.3) is 0 Å². The van der Waals surface area contributed by atoms with Crippen molar-refractivity contribution in [2.45, 2.75) is 57.7 Å². The van der Waals surface area contributed by atoms with Gasteiger partial charge in [0.1, 0.15) is 5.75 Å². The predicted molar refractivity (Wildman–Crippen MR) is 134 cm³/mol. The first-order valence-electron chi connectivity index (χ1n) is 11.5. The molecule has 2 aliphatic carbocycles. The minimum atomic E-state index is 0. The Hall–Kier alpha value is -1.55. The van der Waals surface area contributed by atoms with Crippen LogP contribution in [0, 0.1) is 0 Å². The summed E-state index contributed by atoms with van der Waals surface area (Å²) in [5.41, 5.74) is 1.13. The molecule has 1 heterocycles. The van der Waals surface area contributed by atoms with Crippen LogP contribution in [-0.2, 0) is 11.3 Å². The summed E-state index contributed by atoms with van der Waals surface area (Å²) in [6, 6.07) is 8.68. The summed E-state index contributed by atoms with van der Waals surface area (Å²) in [4.78, 5) is 21.5. The van der Waals surface area contributed by atoms with Crippen LogP contribution in [0.3, 0.4) is 0 Å². The molecule has 1 aliphatic heterocycles. The van der Waals surface area contributed by atoms with E-state index in [-0.39, 0.29) is 29.9 Å². The van der Waals surface area contributed by atoms with Crippen LogP contribution in [0.15, 0.2) is 29.3 Å². The zero-order chi connectivity index (χ0) is 20.8. The molecule has 172 valence electrons. The van der Waals surface area contributed by atoms with Crippen LogP contribution in [0.5, 0.6) is 5.75 Å². The lowest BCUT2D eigenvalue weighted by Gasteiger charge is -2.36. The fourth-order valence-electron chi connectivity index (χ4n) is 3.83. The zero-order valence-corrected chi connectivity index (χ0v) is 20.8.